The fraction of sp³-hybridized carbons (Fsp3) is 0.471. The van der Waals surface area contributed by atoms with Gasteiger partial charge in [0.2, 0.25) is 5.91 Å². The predicted molar refractivity (Wildman–Crippen MR) is 94.3 cm³/mol. The summed E-state index contributed by atoms with van der Waals surface area (Å²) in [6.07, 6.45) is 0.744. The number of benzene rings is 1. The van der Waals surface area contributed by atoms with E-state index in [-0.39, 0.29) is 18.0 Å². The minimum atomic E-state index is -1.20. The van der Waals surface area contributed by atoms with Crippen molar-refractivity contribution in [3.63, 3.8) is 0 Å². The first-order chi connectivity index (χ1) is 11.1. The van der Waals surface area contributed by atoms with E-state index in [9.17, 15) is 14.4 Å². The van der Waals surface area contributed by atoms with Gasteiger partial charge in [0.15, 0.2) is 0 Å². The van der Waals surface area contributed by atoms with Crippen molar-refractivity contribution in [1.82, 2.24) is 15.5 Å². The molecule has 0 radical (unpaired) electrons. The molecule has 0 spiro atoms. The van der Waals surface area contributed by atoms with E-state index in [4.69, 9.17) is 0 Å². The zero-order valence-electron chi connectivity index (χ0n) is 14.3. The quantitative estimate of drug-likeness (QED) is 0.751. The van der Waals surface area contributed by atoms with Crippen LogP contribution in [-0.2, 0) is 15.1 Å². The molecule has 1 atom stereocenters. The third-order valence-electron chi connectivity index (χ3n) is 4.35. The van der Waals surface area contributed by atoms with Crippen molar-refractivity contribution in [2.75, 3.05) is 6.54 Å². The highest BCUT2D eigenvalue weighted by Crippen LogP contribution is 2.33. The summed E-state index contributed by atoms with van der Waals surface area (Å²) in [4.78, 5) is 38.2. The maximum absolute atomic E-state index is 12.8. The summed E-state index contributed by atoms with van der Waals surface area (Å²) in [5, 5.41) is 5.53. The Morgan fingerprint density at radius 2 is 1.96 bits per heavy atom. The van der Waals surface area contributed by atoms with Crippen molar-refractivity contribution in [3.8, 4) is 0 Å². The number of imide groups is 1. The normalized spacial score (nSPS) is 21.0. The number of hydrogen-bond donors (Lipinski definition) is 2. The molecule has 0 saturated carbocycles. The number of nitrogens with one attached hydrogen (secondary N) is 2. The maximum Gasteiger partial charge on any atom is 0.325 e. The summed E-state index contributed by atoms with van der Waals surface area (Å²) in [6, 6.07) is 6.63. The average Bonchev–Trinajstić information content (AvgIpc) is 2.71. The van der Waals surface area contributed by atoms with Crippen LogP contribution in [0.15, 0.2) is 28.7 Å². The molecule has 1 aliphatic rings. The monoisotopic (exact) mass is 395 g/mol. The fourth-order valence-electron chi connectivity index (χ4n) is 2.54. The highest BCUT2D eigenvalue weighted by molar-refractivity contribution is 9.10. The van der Waals surface area contributed by atoms with Crippen LogP contribution in [0.1, 0.15) is 39.7 Å². The highest BCUT2D eigenvalue weighted by Gasteiger charge is 2.50. The number of hydrogen-bond acceptors (Lipinski definition) is 3. The number of carbonyl (C=O) groups is 3. The Hall–Kier alpha value is -1.89. The van der Waals surface area contributed by atoms with Crippen LogP contribution in [0.25, 0.3) is 0 Å². The minimum Gasteiger partial charge on any atom is -0.350 e. The van der Waals surface area contributed by atoms with Crippen molar-refractivity contribution >= 4 is 33.8 Å². The van der Waals surface area contributed by atoms with Crippen molar-refractivity contribution in [1.29, 1.82) is 0 Å². The lowest BCUT2D eigenvalue weighted by atomic mass is 9.92. The largest absolute Gasteiger partial charge is 0.350 e. The summed E-state index contributed by atoms with van der Waals surface area (Å²) >= 11 is 3.41. The summed E-state index contributed by atoms with van der Waals surface area (Å²) < 4.78 is 0.722. The Morgan fingerprint density at radius 1 is 1.33 bits per heavy atom. The van der Waals surface area contributed by atoms with Crippen LogP contribution in [0.5, 0.6) is 0 Å². The Balaban J connectivity index is 2.21. The van der Waals surface area contributed by atoms with Crippen molar-refractivity contribution in [2.24, 2.45) is 0 Å². The van der Waals surface area contributed by atoms with Crippen molar-refractivity contribution in [2.45, 2.75) is 45.2 Å². The first kappa shape index (κ1) is 18.4. The maximum atomic E-state index is 12.8. The van der Waals surface area contributed by atoms with E-state index in [2.05, 4.69) is 26.6 Å². The molecular weight excluding hydrogens is 374 g/mol. The number of urea groups is 1. The molecular formula is C17H22BrN3O3. The van der Waals surface area contributed by atoms with Gasteiger partial charge in [-0.1, -0.05) is 41.1 Å². The molecule has 1 fully saturated rings. The lowest BCUT2D eigenvalue weighted by molar-refractivity contribution is -0.135. The molecule has 1 heterocycles. The van der Waals surface area contributed by atoms with Gasteiger partial charge < -0.3 is 10.6 Å². The summed E-state index contributed by atoms with van der Waals surface area (Å²) in [5.41, 5.74) is -0.931. The van der Waals surface area contributed by atoms with E-state index in [0.717, 1.165) is 15.8 Å². The van der Waals surface area contributed by atoms with Gasteiger partial charge in [0.25, 0.3) is 5.91 Å². The van der Waals surface area contributed by atoms with Gasteiger partial charge in [-0.15, -0.1) is 0 Å². The Morgan fingerprint density at radius 3 is 2.54 bits per heavy atom. The van der Waals surface area contributed by atoms with Crippen LogP contribution in [0, 0.1) is 0 Å². The molecule has 1 unspecified atom stereocenters. The van der Waals surface area contributed by atoms with Gasteiger partial charge in [-0.05, 0) is 33.3 Å². The number of carbonyl (C=O) groups excluding carboxylic acids is 3. The van der Waals surface area contributed by atoms with E-state index in [0.29, 0.717) is 5.56 Å². The molecule has 6 nitrogen and oxygen atoms in total. The zero-order valence-corrected chi connectivity index (χ0v) is 15.9. The Labute approximate surface area is 150 Å². The Kier molecular flexibility index (Phi) is 5.03. The second-order valence-electron chi connectivity index (χ2n) is 6.71. The van der Waals surface area contributed by atoms with E-state index in [1.54, 1.807) is 25.1 Å². The smallest absolute Gasteiger partial charge is 0.325 e. The molecule has 4 amide bonds. The fourth-order valence-corrected chi connectivity index (χ4v) is 3.22. The van der Waals surface area contributed by atoms with E-state index < -0.39 is 17.5 Å². The van der Waals surface area contributed by atoms with Gasteiger partial charge in [-0.25, -0.2) is 4.79 Å². The van der Waals surface area contributed by atoms with Gasteiger partial charge in [0.05, 0.1) is 0 Å². The van der Waals surface area contributed by atoms with Crippen LogP contribution in [-0.4, -0.2) is 34.8 Å². The molecule has 24 heavy (non-hydrogen) atoms. The van der Waals surface area contributed by atoms with E-state index >= 15 is 0 Å². The van der Waals surface area contributed by atoms with E-state index in [1.165, 1.54) is 0 Å². The Bertz CT molecular complexity index is 689. The van der Waals surface area contributed by atoms with Gasteiger partial charge in [-0.2, -0.15) is 0 Å². The third kappa shape index (κ3) is 3.45. The predicted octanol–water partition coefficient (Wildman–Crippen LogP) is 2.52. The molecule has 0 bridgehead atoms. The second kappa shape index (κ2) is 6.55. The van der Waals surface area contributed by atoms with Crippen LogP contribution in [0.2, 0.25) is 0 Å². The molecule has 1 aromatic rings. The standard InChI is InChI=1S/C17H22BrN3O3/c1-5-16(2,3)19-13(22)10-21-14(23)17(4,20-15(21)24)11-8-6-7-9-12(11)18/h6-9H,5,10H2,1-4H3,(H,19,22)(H,20,24). The van der Waals surface area contributed by atoms with E-state index in [1.807, 2.05) is 26.8 Å². The molecule has 1 aliphatic heterocycles. The van der Waals surface area contributed by atoms with Crippen LogP contribution in [0.4, 0.5) is 4.79 Å². The van der Waals surface area contributed by atoms with Gasteiger partial charge in [0.1, 0.15) is 12.1 Å². The second-order valence-corrected chi connectivity index (χ2v) is 7.57. The average molecular weight is 396 g/mol. The summed E-state index contributed by atoms with van der Waals surface area (Å²) in [6.45, 7) is 7.08. The molecule has 7 heteroatoms. The number of rotatable bonds is 5. The highest BCUT2D eigenvalue weighted by atomic mass is 79.9. The van der Waals surface area contributed by atoms with Crippen molar-refractivity contribution in [3.05, 3.63) is 34.3 Å². The summed E-state index contributed by atoms with van der Waals surface area (Å²) in [5.74, 6) is -0.800. The molecule has 0 aromatic heterocycles. The minimum absolute atomic E-state index is 0.297. The molecule has 1 aromatic carbocycles. The first-order valence-electron chi connectivity index (χ1n) is 7.81. The molecule has 130 valence electrons. The van der Waals surface area contributed by atoms with Crippen LogP contribution in [0.3, 0.4) is 0 Å². The molecule has 1 saturated heterocycles. The van der Waals surface area contributed by atoms with Crippen molar-refractivity contribution < 1.29 is 14.4 Å². The SMILES string of the molecule is CCC(C)(C)NC(=O)CN1C(=O)NC(C)(c2ccccc2Br)C1=O. The first-order valence-corrected chi connectivity index (χ1v) is 8.60. The third-order valence-corrected chi connectivity index (χ3v) is 5.04. The molecule has 2 rings (SSSR count). The van der Waals surface area contributed by atoms with Crippen LogP contribution >= 0.6 is 15.9 Å². The number of halogens is 1. The molecule has 2 N–H and O–H groups in total. The van der Waals surface area contributed by atoms with Gasteiger partial charge in [-0.3, -0.25) is 14.5 Å². The van der Waals surface area contributed by atoms with Crippen LogP contribution < -0.4 is 10.6 Å². The lowest BCUT2D eigenvalue weighted by Gasteiger charge is -2.26. The topological polar surface area (TPSA) is 78.5 Å². The van der Waals surface area contributed by atoms with Gasteiger partial charge in [0, 0.05) is 15.6 Å². The number of amides is 4. The molecule has 0 aliphatic carbocycles. The number of nitrogens with zero attached hydrogens (tertiary/aromatic N) is 1. The van der Waals surface area contributed by atoms with Gasteiger partial charge >= 0.3 is 6.03 Å². The summed E-state index contributed by atoms with van der Waals surface area (Å²) in [7, 11) is 0. The lowest BCUT2D eigenvalue weighted by Crippen LogP contribution is -2.49. The zero-order chi connectivity index (χ0) is 18.1.